The number of rotatable bonds is 1. The molecule has 0 radical (unpaired) electrons. The van der Waals surface area contributed by atoms with E-state index in [1.54, 1.807) is 0 Å². The smallest absolute Gasteiger partial charge is 0.145 e. The van der Waals surface area contributed by atoms with Crippen LogP contribution in [0.25, 0.3) is 5.69 Å². The molecule has 2 N–H and O–H groups in total. The molecule has 0 atom stereocenters. The molecule has 0 saturated heterocycles. The highest BCUT2D eigenvalue weighted by atomic mass is 35.5. The van der Waals surface area contributed by atoms with Gasteiger partial charge in [0.1, 0.15) is 17.5 Å². The average Bonchev–Trinajstić information content (AvgIpc) is 2.65. The molecule has 0 saturated carbocycles. The zero-order valence-electron chi connectivity index (χ0n) is 8.28. The Morgan fingerprint density at radius 1 is 1.18 bits per heavy atom. The van der Waals surface area contributed by atoms with Gasteiger partial charge in [0.2, 0.25) is 0 Å². The number of anilines is 1. The van der Waals surface area contributed by atoms with Gasteiger partial charge in [-0.3, -0.25) is 0 Å². The number of hydrogen-bond donors (Lipinski definition) is 1. The minimum Gasteiger partial charge on any atom is -0.382 e. The summed E-state index contributed by atoms with van der Waals surface area (Å²) in [6.45, 7) is 0. The minimum atomic E-state index is 0.202. The van der Waals surface area contributed by atoms with E-state index in [9.17, 15) is 0 Å². The molecule has 0 aliphatic heterocycles. The number of aromatic nitrogens is 2. The fraction of sp³-hybridized carbons (Fsp3) is 0. The predicted octanol–water partition coefficient (Wildman–Crippen LogP) is 3.29. The van der Waals surface area contributed by atoms with Gasteiger partial charge in [-0.25, -0.2) is 4.68 Å². The van der Waals surface area contributed by atoms with Crippen molar-refractivity contribution in [1.82, 2.24) is 9.78 Å². The van der Waals surface area contributed by atoms with E-state index in [4.69, 9.17) is 45.8 Å². The first kappa shape index (κ1) is 12.1. The Morgan fingerprint density at radius 3 is 2.41 bits per heavy atom. The zero-order chi connectivity index (χ0) is 12.6. The van der Waals surface area contributed by atoms with E-state index in [1.165, 1.54) is 23.0 Å². The van der Waals surface area contributed by atoms with Crippen LogP contribution in [0.15, 0.2) is 18.3 Å². The standard InChI is InChI=1S/C10H5Cl3N4/c11-6-1-8(13)9(2-7(6)12)17-10(15)5(3-14)4-16-17/h1-2,4H,15H2. The minimum absolute atomic E-state index is 0.202. The average molecular weight is 288 g/mol. The van der Waals surface area contributed by atoms with Gasteiger partial charge in [-0.2, -0.15) is 10.4 Å². The third kappa shape index (κ3) is 2.05. The quantitative estimate of drug-likeness (QED) is 0.818. The van der Waals surface area contributed by atoms with Crippen LogP contribution in [0, 0.1) is 11.3 Å². The van der Waals surface area contributed by atoms with Gasteiger partial charge in [0.25, 0.3) is 0 Å². The maximum Gasteiger partial charge on any atom is 0.145 e. The number of nitrogens with two attached hydrogens (primary N) is 1. The summed E-state index contributed by atoms with van der Waals surface area (Å²) in [5, 5.41) is 13.8. The van der Waals surface area contributed by atoms with Crippen LogP contribution in [-0.4, -0.2) is 9.78 Å². The fourth-order valence-electron chi connectivity index (χ4n) is 1.31. The predicted molar refractivity (Wildman–Crippen MR) is 67.7 cm³/mol. The third-order valence-corrected chi connectivity index (χ3v) is 3.17. The lowest BCUT2D eigenvalue weighted by atomic mass is 10.3. The molecule has 0 aliphatic carbocycles. The SMILES string of the molecule is N#Cc1cnn(-c2cc(Cl)c(Cl)cc2Cl)c1N. The summed E-state index contributed by atoms with van der Waals surface area (Å²) in [6, 6.07) is 4.95. The van der Waals surface area contributed by atoms with Crippen molar-refractivity contribution in [1.29, 1.82) is 5.26 Å². The Balaban J connectivity index is 2.65. The van der Waals surface area contributed by atoms with Gasteiger partial charge in [0.05, 0.1) is 27.0 Å². The molecule has 17 heavy (non-hydrogen) atoms. The van der Waals surface area contributed by atoms with Crippen LogP contribution in [0.4, 0.5) is 5.82 Å². The molecular formula is C10H5Cl3N4. The Morgan fingerprint density at radius 2 is 1.82 bits per heavy atom. The van der Waals surface area contributed by atoms with Crippen molar-refractivity contribution >= 4 is 40.6 Å². The van der Waals surface area contributed by atoms with Crippen molar-refractivity contribution in [2.75, 3.05) is 5.73 Å². The molecule has 1 aromatic carbocycles. The molecule has 0 fully saturated rings. The first-order valence-corrected chi connectivity index (χ1v) is 5.56. The van der Waals surface area contributed by atoms with Crippen LogP contribution < -0.4 is 5.73 Å². The maximum atomic E-state index is 8.78. The van der Waals surface area contributed by atoms with Crippen LogP contribution in [0.2, 0.25) is 15.1 Å². The van der Waals surface area contributed by atoms with Crippen molar-refractivity contribution in [3.63, 3.8) is 0 Å². The Kier molecular flexibility index (Phi) is 3.16. The Hall–Kier alpha value is -1.41. The van der Waals surface area contributed by atoms with Gasteiger partial charge in [-0.1, -0.05) is 34.8 Å². The molecule has 2 rings (SSSR count). The molecule has 1 aromatic heterocycles. The van der Waals surface area contributed by atoms with Crippen LogP contribution in [0.5, 0.6) is 0 Å². The fourth-order valence-corrected chi connectivity index (χ4v) is 1.93. The lowest BCUT2D eigenvalue weighted by Crippen LogP contribution is -2.03. The monoisotopic (exact) mass is 286 g/mol. The van der Waals surface area contributed by atoms with E-state index in [0.29, 0.717) is 20.8 Å². The lowest BCUT2D eigenvalue weighted by molar-refractivity contribution is 0.891. The normalized spacial score (nSPS) is 10.2. The van der Waals surface area contributed by atoms with Gasteiger partial charge in [-0.15, -0.1) is 0 Å². The molecule has 2 aromatic rings. The molecule has 4 nitrogen and oxygen atoms in total. The second-order valence-corrected chi connectivity index (χ2v) is 4.41. The van der Waals surface area contributed by atoms with E-state index >= 15 is 0 Å². The summed E-state index contributed by atoms with van der Waals surface area (Å²) in [5.74, 6) is 0.202. The van der Waals surface area contributed by atoms with Crippen molar-refractivity contribution in [3.05, 3.63) is 39.0 Å². The third-order valence-electron chi connectivity index (χ3n) is 2.14. The molecule has 7 heteroatoms. The van der Waals surface area contributed by atoms with E-state index in [2.05, 4.69) is 5.10 Å². The van der Waals surface area contributed by atoms with Crippen LogP contribution in [-0.2, 0) is 0 Å². The molecule has 0 amide bonds. The molecule has 0 unspecified atom stereocenters. The number of nitrogen functional groups attached to an aromatic ring is 1. The summed E-state index contributed by atoms with van der Waals surface area (Å²) in [4.78, 5) is 0. The zero-order valence-corrected chi connectivity index (χ0v) is 10.6. The molecular weight excluding hydrogens is 282 g/mol. The number of nitrogens with zero attached hydrogens (tertiary/aromatic N) is 3. The molecule has 86 valence electrons. The molecule has 0 spiro atoms. The lowest BCUT2D eigenvalue weighted by Gasteiger charge is -2.08. The van der Waals surface area contributed by atoms with Gasteiger partial charge in [0, 0.05) is 0 Å². The van der Waals surface area contributed by atoms with Crippen molar-refractivity contribution in [3.8, 4) is 11.8 Å². The van der Waals surface area contributed by atoms with Crippen LogP contribution in [0.3, 0.4) is 0 Å². The molecule has 0 bridgehead atoms. The van der Waals surface area contributed by atoms with Crippen molar-refractivity contribution in [2.45, 2.75) is 0 Å². The Bertz CT molecular complexity index is 627. The highest BCUT2D eigenvalue weighted by Crippen LogP contribution is 2.32. The first-order valence-electron chi connectivity index (χ1n) is 4.43. The second-order valence-electron chi connectivity index (χ2n) is 3.18. The second kappa shape index (κ2) is 4.46. The molecule has 1 heterocycles. The number of halogens is 3. The van der Waals surface area contributed by atoms with Crippen LogP contribution in [0.1, 0.15) is 5.56 Å². The Labute approximate surface area is 112 Å². The first-order chi connectivity index (χ1) is 8.04. The van der Waals surface area contributed by atoms with Crippen LogP contribution >= 0.6 is 34.8 Å². The van der Waals surface area contributed by atoms with Gasteiger partial charge in [0.15, 0.2) is 0 Å². The number of hydrogen-bond acceptors (Lipinski definition) is 3. The largest absolute Gasteiger partial charge is 0.382 e. The van der Waals surface area contributed by atoms with Crippen molar-refractivity contribution < 1.29 is 0 Å². The summed E-state index contributed by atoms with van der Waals surface area (Å²) >= 11 is 17.7. The summed E-state index contributed by atoms with van der Waals surface area (Å²) in [6.07, 6.45) is 1.36. The van der Waals surface area contributed by atoms with Gasteiger partial charge < -0.3 is 5.73 Å². The molecule has 0 aliphatic rings. The summed E-state index contributed by atoms with van der Waals surface area (Å²) < 4.78 is 1.34. The van der Waals surface area contributed by atoms with Gasteiger partial charge in [-0.05, 0) is 12.1 Å². The van der Waals surface area contributed by atoms with E-state index in [0.717, 1.165) is 0 Å². The van der Waals surface area contributed by atoms with E-state index in [-0.39, 0.29) is 11.4 Å². The number of nitriles is 1. The van der Waals surface area contributed by atoms with Gasteiger partial charge >= 0.3 is 0 Å². The van der Waals surface area contributed by atoms with E-state index < -0.39 is 0 Å². The maximum absolute atomic E-state index is 8.78. The van der Waals surface area contributed by atoms with Crippen molar-refractivity contribution in [2.24, 2.45) is 0 Å². The summed E-state index contributed by atoms with van der Waals surface area (Å²) in [5.41, 5.74) is 6.49. The summed E-state index contributed by atoms with van der Waals surface area (Å²) in [7, 11) is 0. The van der Waals surface area contributed by atoms with E-state index in [1.807, 2.05) is 6.07 Å². The highest BCUT2D eigenvalue weighted by Gasteiger charge is 2.13. The number of benzene rings is 1. The highest BCUT2D eigenvalue weighted by molar-refractivity contribution is 6.43. The topological polar surface area (TPSA) is 67.6 Å².